The number of aryl methyl sites for hydroxylation is 1. The molecule has 2 heterocycles. The highest BCUT2D eigenvalue weighted by Crippen LogP contribution is 2.17. The first-order valence-corrected chi connectivity index (χ1v) is 12.4. The van der Waals surface area contributed by atoms with Gasteiger partial charge in [0.05, 0.1) is 11.0 Å². The minimum Gasteiger partial charge on any atom is -0.377 e. The molecule has 3 rings (SSSR count). The lowest BCUT2D eigenvalue weighted by Gasteiger charge is -2.37. The molecule has 0 bridgehead atoms. The van der Waals surface area contributed by atoms with E-state index in [2.05, 4.69) is 9.62 Å². The maximum Gasteiger partial charge on any atom is 0.241 e. The molecule has 2 aliphatic rings. The van der Waals surface area contributed by atoms with E-state index < -0.39 is 16.1 Å². The number of ether oxygens (including phenoxy) is 1. The number of hydrogen-bond acceptors (Lipinski definition) is 5. The fraction of sp³-hybridized carbons (Fsp3) is 0.682. The summed E-state index contributed by atoms with van der Waals surface area (Å²) in [4.78, 5) is 17.5. The molecule has 1 aromatic rings. The summed E-state index contributed by atoms with van der Waals surface area (Å²) in [5.41, 5.74) is 0.990. The third-order valence-corrected chi connectivity index (χ3v) is 7.29. The van der Waals surface area contributed by atoms with Crippen molar-refractivity contribution in [2.75, 3.05) is 39.3 Å². The van der Waals surface area contributed by atoms with E-state index in [1.165, 1.54) is 0 Å². The molecule has 0 radical (unpaired) electrons. The van der Waals surface area contributed by atoms with Gasteiger partial charge in [0.25, 0.3) is 0 Å². The van der Waals surface area contributed by atoms with E-state index in [4.69, 9.17) is 4.74 Å². The minimum atomic E-state index is -3.76. The molecule has 0 saturated carbocycles. The van der Waals surface area contributed by atoms with Gasteiger partial charge in [0.1, 0.15) is 6.04 Å². The largest absolute Gasteiger partial charge is 0.377 e. The van der Waals surface area contributed by atoms with Crippen LogP contribution in [0.1, 0.15) is 38.7 Å². The number of nitrogens with zero attached hydrogens (tertiary/aromatic N) is 2. The van der Waals surface area contributed by atoms with Gasteiger partial charge < -0.3 is 9.64 Å². The van der Waals surface area contributed by atoms with Crippen LogP contribution in [0, 0.1) is 12.8 Å². The van der Waals surface area contributed by atoms with Crippen molar-refractivity contribution in [3.8, 4) is 0 Å². The molecule has 2 saturated heterocycles. The highest BCUT2D eigenvalue weighted by molar-refractivity contribution is 7.89. The van der Waals surface area contributed by atoms with Crippen LogP contribution in [0.2, 0.25) is 0 Å². The summed E-state index contributed by atoms with van der Waals surface area (Å²) in [5, 5.41) is 0. The van der Waals surface area contributed by atoms with Crippen molar-refractivity contribution in [1.29, 1.82) is 0 Å². The third kappa shape index (κ3) is 6.26. The van der Waals surface area contributed by atoms with Gasteiger partial charge in [0.2, 0.25) is 15.9 Å². The normalized spacial score (nSPS) is 21.9. The van der Waals surface area contributed by atoms with Crippen LogP contribution in [-0.2, 0) is 19.6 Å². The van der Waals surface area contributed by atoms with Crippen molar-refractivity contribution in [3.05, 3.63) is 29.8 Å². The summed E-state index contributed by atoms with van der Waals surface area (Å²) in [5.74, 6) is 0.0663. The van der Waals surface area contributed by atoms with Crippen LogP contribution >= 0.6 is 0 Å². The molecule has 1 amide bonds. The van der Waals surface area contributed by atoms with E-state index in [1.807, 2.05) is 20.8 Å². The molecular weight excluding hydrogens is 402 g/mol. The lowest BCUT2D eigenvalue weighted by molar-refractivity contribution is -0.135. The Morgan fingerprint density at radius 1 is 1.17 bits per heavy atom. The fourth-order valence-corrected chi connectivity index (χ4v) is 5.29. The monoisotopic (exact) mass is 437 g/mol. The van der Waals surface area contributed by atoms with Crippen LogP contribution in [0.15, 0.2) is 29.2 Å². The first kappa shape index (κ1) is 23.2. The van der Waals surface area contributed by atoms with Crippen LogP contribution in [-0.4, -0.2) is 75.6 Å². The molecule has 1 N–H and O–H groups in total. The SMILES string of the molecule is Cc1ccc(S(=O)(=O)NC(CC(C)C)C(=O)N2CCN(CC3CCCO3)CC2)cc1. The average Bonchev–Trinajstić information content (AvgIpc) is 3.20. The second kappa shape index (κ2) is 10.2. The number of carbonyl (C=O) groups excluding carboxylic acids is 1. The Morgan fingerprint density at radius 3 is 2.40 bits per heavy atom. The van der Waals surface area contributed by atoms with Gasteiger partial charge in [0.15, 0.2) is 0 Å². The standard InChI is InChI=1S/C22H35N3O4S/c1-17(2)15-21(23-30(27,28)20-8-6-18(3)7-9-20)22(26)25-12-10-24(11-13-25)16-19-5-4-14-29-19/h6-9,17,19,21,23H,4-5,10-16H2,1-3H3. The summed E-state index contributed by atoms with van der Waals surface area (Å²) in [7, 11) is -3.76. The Morgan fingerprint density at radius 2 is 1.83 bits per heavy atom. The van der Waals surface area contributed by atoms with E-state index in [0.717, 1.165) is 44.6 Å². The molecule has 2 aliphatic heterocycles. The lowest BCUT2D eigenvalue weighted by Crippen LogP contribution is -2.55. The fourth-order valence-electron chi connectivity index (χ4n) is 4.09. The Labute approximate surface area is 180 Å². The lowest BCUT2D eigenvalue weighted by atomic mass is 10.0. The first-order valence-electron chi connectivity index (χ1n) is 11.0. The summed E-state index contributed by atoms with van der Waals surface area (Å²) in [6.07, 6.45) is 3.01. The second-order valence-electron chi connectivity index (χ2n) is 8.88. The Balaban J connectivity index is 1.61. The highest BCUT2D eigenvalue weighted by Gasteiger charge is 2.32. The summed E-state index contributed by atoms with van der Waals surface area (Å²) in [6.45, 7) is 10.5. The van der Waals surface area contributed by atoms with Crippen LogP contribution in [0.25, 0.3) is 0 Å². The van der Waals surface area contributed by atoms with Crippen molar-refractivity contribution in [2.45, 2.75) is 57.1 Å². The number of benzene rings is 1. The number of carbonyl (C=O) groups is 1. The number of piperazine rings is 1. The van der Waals surface area contributed by atoms with E-state index in [-0.39, 0.29) is 16.7 Å². The van der Waals surface area contributed by atoms with Crippen molar-refractivity contribution in [3.63, 3.8) is 0 Å². The minimum absolute atomic E-state index is 0.129. The number of rotatable bonds is 8. The zero-order chi connectivity index (χ0) is 21.7. The molecule has 2 atom stereocenters. The Kier molecular flexibility index (Phi) is 7.90. The van der Waals surface area contributed by atoms with Crippen molar-refractivity contribution in [1.82, 2.24) is 14.5 Å². The van der Waals surface area contributed by atoms with Gasteiger partial charge in [0, 0.05) is 39.3 Å². The van der Waals surface area contributed by atoms with Gasteiger partial charge >= 0.3 is 0 Å². The summed E-state index contributed by atoms with van der Waals surface area (Å²) >= 11 is 0. The Bertz CT molecular complexity index is 796. The van der Waals surface area contributed by atoms with Gasteiger partial charge in [-0.25, -0.2) is 8.42 Å². The molecule has 2 fully saturated rings. The van der Waals surface area contributed by atoms with Gasteiger partial charge in [-0.2, -0.15) is 4.72 Å². The summed E-state index contributed by atoms with van der Waals surface area (Å²) in [6, 6.07) is 5.94. The third-order valence-electron chi connectivity index (χ3n) is 5.80. The zero-order valence-corrected chi connectivity index (χ0v) is 19.2. The Hall–Kier alpha value is -1.48. The van der Waals surface area contributed by atoms with Crippen molar-refractivity contribution in [2.24, 2.45) is 5.92 Å². The number of hydrogen-bond donors (Lipinski definition) is 1. The topological polar surface area (TPSA) is 79.0 Å². The van der Waals surface area contributed by atoms with Crippen molar-refractivity contribution >= 4 is 15.9 Å². The summed E-state index contributed by atoms with van der Waals surface area (Å²) < 4.78 is 34.1. The molecule has 8 heteroatoms. The van der Waals surface area contributed by atoms with Gasteiger partial charge in [-0.05, 0) is 44.2 Å². The molecule has 7 nitrogen and oxygen atoms in total. The predicted octanol–water partition coefficient (Wildman–Crippen LogP) is 2.01. The smallest absolute Gasteiger partial charge is 0.241 e. The zero-order valence-electron chi connectivity index (χ0n) is 18.3. The predicted molar refractivity (Wildman–Crippen MR) is 117 cm³/mol. The van der Waals surface area contributed by atoms with Crippen LogP contribution < -0.4 is 4.72 Å². The van der Waals surface area contributed by atoms with Gasteiger partial charge in [-0.1, -0.05) is 31.5 Å². The second-order valence-corrected chi connectivity index (χ2v) is 10.6. The first-order chi connectivity index (χ1) is 14.2. The molecule has 2 unspecified atom stereocenters. The van der Waals surface area contributed by atoms with Crippen LogP contribution in [0.4, 0.5) is 0 Å². The average molecular weight is 438 g/mol. The maximum atomic E-state index is 13.2. The number of amides is 1. The number of nitrogens with one attached hydrogen (secondary N) is 1. The van der Waals surface area contributed by atoms with E-state index >= 15 is 0 Å². The van der Waals surface area contributed by atoms with Crippen molar-refractivity contribution < 1.29 is 17.9 Å². The molecular formula is C22H35N3O4S. The number of sulfonamides is 1. The van der Waals surface area contributed by atoms with E-state index in [9.17, 15) is 13.2 Å². The molecule has 0 spiro atoms. The molecule has 1 aromatic carbocycles. The van der Waals surface area contributed by atoms with E-state index in [1.54, 1.807) is 29.2 Å². The van der Waals surface area contributed by atoms with Crippen LogP contribution in [0.3, 0.4) is 0 Å². The van der Waals surface area contributed by atoms with Gasteiger partial charge in [-0.15, -0.1) is 0 Å². The maximum absolute atomic E-state index is 13.2. The van der Waals surface area contributed by atoms with Gasteiger partial charge in [-0.3, -0.25) is 9.69 Å². The highest BCUT2D eigenvalue weighted by atomic mass is 32.2. The van der Waals surface area contributed by atoms with Crippen LogP contribution in [0.5, 0.6) is 0 Å². The molecule has 168 valence electrons. The quantitative estimate of drug-likeness (QED) is 0.673. The molecule has 0 aromatic heterocycles. The molecule has 0 aliphatic carbocycles. The van der Waals surface area contributed by atoms with E-state index in [0.29, 0.717) is 25.6 Å². The molecule has 30 heavy (non-hydrogen) atoms.